The fourth-order valence-electron chi connectivity index (χ4n) is 5.01. The van der Waals surface area contributed by atoms with Crippen molar-refractivity contribution in [1.29, 1.82) is 0 Å². The largest absolute Gasteiger partial charge is 0.481 e. The van der Waals surface area contributed by atoms with Gasteiger partial charge in [-0.2, -0.15) is 0 Å². The second-order valence-corrected chi connectivity index (χ2v) is 9.80. The van der Waals surface area contributed by atoms with Crippen molar-refractivity contribution in [2.45, 2.75) is 45.1 Å². The topological polar surface area (TPSA) is 102 Å². The lowest BCUT2D eigenvalue weighted by atomic mass is 9.91. The number of ether oxygens (including phenoxy) is 1. The van der Waals surface area contributed by atoms with Gasteiger partial charge in [-0.25, -0.2) is 33.6 Å². The summed E-state index contributed by atoms with van der Waals surface area (Å²) in [5.41, 5.74) is 6.61. The summed E-state index contributed by atoms with van der Waals surface area (Å²) in [6.07, 6.45) is -0.327. The zero-order chi connectivity index (χ0) is 28.4. The third-order valence-electron chi connectivity index (χ3n) is 6.98. The molecule has 0 radical (unpaired) electrons. The number of alkyl halides is 2. The van der Waals surface area contributed by atoms with Crippen molar-refractivity contribution in [2.75, 3.05) is 26.8 Å². The minimum absolute atomic E-state index is 0.0288. The maximum atomic E-state index is 14.4. The summed E-state index contributed by atoms with van der Waals surface area (Å²) in [5.74, 6) is -2.28. The molecule has 2 aliphatic heterocycles. The lowest BCUT2D eigenvalue weighted by Gasteiger charge is -2.31. The summed E-state index contributed by atoms with van der Waals surface area (Å²) in [5, 5.41) is 0. The van der Waals surface area contributed by atoms with E-state index < -0.39 is 23.7 Å². The lowest BCUT2D eigenvalue weighted by Crippen LogP contribution is -2.45. The van der Waals surface area contributed by atoms with Gasteiger partial charge in [0.1, 0.15) is 11.6 Å². The van der Waals surface area contributed by atoms with Crippen molar-refractivity contribution in [3.63, 3.8) is 0 Å². The molecule has 1 fully saturated rings. The van der Waals surface area contributed by atoms with Gasteiger partial charge in [0.15, 0.2) is 12.4 Å². The highest BCUT2D eigenvalue weighted by Crippen LogP contribution is 2.36. The minimum atomic E-state index is -2.75. The van der Waals surface area contributed by atoms with Crippen molar-refractivity contribution in [3.05, 3.63) is 70.6 Å². The Morgan fingerprint density at radius 2 is 1.90 bits per heavy atom. The number of hydrogen-bond donors (Lipinski definition) is 1. The van der Waals surface area contributed by atoms with Gasteiger partial charge in [-0.3, -0.25) is 14.6 Å². The Morgan fingerprint density at radius 1 is 1.12 bits per heavy atom. The number of fused-ring (bicyclic) bond motifs is 1. The maximum absolute atomic E-state index is 14.4. The maximum Gasteiger partial charge on any atom is 0.251 e. The normalized spacial score (nSPS) is 18.1. The van der Waals surface area contributed by atoms with Crippen molar-refractivity contribution in [2.24, 2.45) is 4.99 Å². The van der Waals surface area contributed by atoms with Gasteiger partial charge in [0.2, 0.25) is 5.88 Å². The summed E-state index contributed by atoms with van der Waals surface area (Å²) in [6.45, 7) is 3.19. The van der Waals surface area contributed by atoms with Crippen LogP contribution in [0.3, 0.4) is 0 Å². The predicted octanol–water partition coefficient (Wildman–Crippen LogP) is 4.13. The van der Waals surface area contributed by atoms with E-state index in [0.29, 0.717) is 52.0 Å². The molecule has 0 spiro atoms. The van der Waals surface area contributed by atoms with Gasteiger partial charge < -0.3 is 9.64 Å². The van der Waals surface area contributed by atoms with Crippen LogP contribution in [-0.4, -0.2) is 64.3 Å². The molecule has 1 aromatic carbocycles. The van der Waals surface area contributed by atoms with Crippen LogP contribution in [0, 0.1) is 19.7 Å². The number of pyridine rings is 1. The first kappa shape index (κ1) is 27.5. The van der Waals surface area contributed by atoms with E-state index in [-0.39, 0.29) is 32.5 Å². The average Bonchev–Trinajstić information content (AvgIpc) is 2.92. The number of carbonyl (C=O) groups is 1. The molecule has 0 saturated carbocycles. The molecule has 12 heteroatoms. The van der Waals surface area contributed by atoms with E-state index in [9.17, 15) is 18.0 Å². The molecule has 9 nitrogen and oxygen atoms in total. The van der Waals surface area contributed by atoms with E-state index in [1.807, 2.05) is 6.92 Å². The van der Waals surface area contributed by atoms with E-state index in [1.54, 1.807) is 31.2 Å². The number of benzene rings is 1. The molecule has 1 N–H and O–H groups in total. The number of aromatic nitrogens is 3. The number of nitrogens with one attached hydrogen (secondary N) is 1. The molecule has 1 unspecified atom stereocenters. The van der Waals surface area contributed by atoms with E-state index in [0.717, 1.165) is 5.69 Å². The molecule has 5 rings (SSSR count). The molecule has 40 heavy (non-hydrogen) atoms. The zero-order valence-corrected chi connectivity index (χ0v) is 22.4. The van der Waals surface area contributed by atoms with E-state index in [4.69, 9.17) is 14.6 Å². The van der Waals surface area contributed by atoms with Gasteiger partial charge in [0.25, 0.3) is 11.8 Å². The van der Waals surface area contributed by atoms with Crippen molar-refractivity contribution in [3.8, 4) is 17.1 Å². The zero-order valence-electron chi connectivity index (χ0n) is 22.4. The fourth-order valence-corrected chi connectivity index (χ4v) is 5.01. The standard InChI is InChI=1S/C28H29F3N6O3/c1-16-26-23(33-17(2)32-16)14-22(19-8-7-18(29)13-20(19)21-5-4-6-24(34-21)39-3)35-27(26)36-40-15-25(38)37-11-9-28(30,31)10-12-37/h4-8,13,22H,9-12,14-15H2,1-3H3,(H,35,36). The highest BCUT2D eigenvalue weighted by atomic mass is 19.3. The Hall–Kier alpha value is -4.06. The first-order valence-corrected chi connectivity index (χ1v) is 12.9. The van der Waals surface area contributed by atoms with Crippen molar-refractivity contribution < 1.29 is 27.5 Å². The van der Waals surface area contributed by atoms with Crippen LogP contribution in [-0.2, 0) is 16.1 Å². The van der Waals surface area contributed by atoms with Crippen LogP contribution in [0.2, 0.25) is 0 Å². The molecular weight excluding hydrogens is 525 g/mol. The number of aryl methyl sites for hydroxylation is 2. The third kappa shape index (κ3) is 5.91. The summed E-state index contributed by atoms with van der Waals surface area (Å²) in [4.78, 5) is 37.9. The lowest BCUT2D eigenvalue weighted by molar-refractivity contribution is -0.143. The molecule has 3 aromatic rings. The van der Waals surface area contributed by atoms with Crippen LogP contribution in [0.25, 0.3) is 11.3 Å². The molecule has 0 bridgehead atoms. The predicted molar refractivity (Wildman–Crippen MR) is 141 cm³/mol. The number of piperidine rings is 1. The first-order valence-electron chi connectivity index (χ1n) is 12.9. The molecule has 2 aliphatic rings. The SMILES string of the molecule is COc1cccc(-c2cc(F)ccc2C2Cc3nc(C)nc(C)c3C(NOCC(=O)N3CCC(F)(F)CC3)=N2)n1. The average molecular weight is 555 g/mol. The van der Waals surface area contributed by atoms with Gasteiger partial charge >= 0.3 is 0 Å². The Morgan fingerprint density at radius 3 is 2.65 bits per heavy atom. The summed E-state index contributed by atoms with van der Waals surface area (Å²) >= 11 is 0. The van der Waals surface area contributed by atoms with Crippen molar-refractivity contribution in [1.82, 2.24) is 25.3 Å². The fraction of sp³-hybridized carbons (Fsp3) is 0.393. The Bertz CT molecular complexity index is 1460. The summed E-state index contributed by atoms with van der Waals surface area (Å²) in [7, 11) is 1.51. The number of carbonyl (C=O) groups excluding carboxylic acids is 1. The molecule has 2 aromatic heterocycles. The highest BCUT2D eigenvalue weighted by molar-refractivity contribution is 6.01. The van der Waals surface area contributed by atoms with Crippen LogP contribution in [0.1, 0.15) is 47.2 Å². The number of hydroxylamine groups is 1. The first-order chi connectivity index (χ1) is 19.1. The second kappa shape index (κ2) is 11.2. The number of likely N-dealkylation sites (tertiary alicyclic amines) is 1. The van der Waals surface area contributed by atoms with Crippen LogP contribution >= 0.6 is 0 Å². The van der Waals surface area contributed by atoms with Gasteiger partial charge in [-0.05, 0) is 37.6 Å². The van der Waals surface area contributed by atoms with Gasteiger partial charge in [0.05, 0.1) is 35.8 Å². The number of amidine groups is 1. The number of aliphatic imine (C=N–C) groups is 1. The quantitative estimate of drug-likeness (QED) is 0.458. The van der Waals surface area contributed by atoms with Crippen molar-refractivity contribution >= 4 is 11.7 Å². The van der Waals surface area contributed by atoms with Gasteiger partial charge in [-0.1, -0.05) is 12.1 Å². The molecule has 1 saturated heterocycles. The van der Waals surface area contributed by atoms with E-state index >= 15 is 0 Å². The molecular formula is C28H29F3N6O3. The second-order valence-electron chi connectivity index (χ2n) is 9.80. The van der Waals surface area contributed by atoms with Crippen LogP contribution in [0.5, 0.6) is 5.88 Å². The number of halogens is 3. The van der Waals surface area contributed by atoms with Crippen LogP contribution in [0.15, 0.2) is 41.4 Å². The van der Waals surface area contributed by atoms with E-state index in [2.05, 4.69) is 20.4 Å². The number of amides is 1. The number of methoxy groups -OCH3 is 1. The number of hydrogen-bond acceptors (Lipinski definition) is 8. The Kier molecular flexibility index (Phi) is 7.70. The van der Waals surface area contributed by atoms with Crippen LogP contribution < -0.4 is 10.2 Å². The number of nitrogens with zero attached hydrogens (tertiary/aromatic N) is 5. The molecule has 4 heterocycles. The smallest absolute Gasteiger partial charge is 0.251 e. The summed E-state index contributed by atoms with van der Waals surface area (Å²) < 4.78 is 46.6. The van der Waals surface area contributed by atoms with Gasteiger partial charge in [0, 0.05) is 44.0 Å². The monoisotopic (exact) mass is 554 g/mol. The molecule has 1 atom stereocenters. The highest BCUT2D eigenvalue weighted by Gasteiger charge is 2.35. The third-order valence-corrected chi connectivity index (χ3v) is 6.98. The van der Waals surface area contributed by atoms with E-state index in [1.165, 1.54) is 24.1 Å². The van der Waals surface area contributed by atoms with Gasteiger partial charge in [-0.15, -0.1) is 0 Å². The molecule has 0 aliphatic carbocycles. The molecule has 1 amide bonds. The summed E-state index contributed by atoms with van der Waals surface area (Å²) in [6, 6.07) is 9.19. The number of rotatable bonds is 6. The van der Waals surface area contributed by atoms with Crippen LogP contribution in [0.4, 0.5) is 13.2 Å². The minimum Gasteiger partial charge on any atom is -0.481 e. The Balaban J connectivity index is 1.43. The Labute approximate surface area is 229 Å². The molecule has 210 valence electrons.